The third kappa shape index (κ3) is 3.95. The minimum absolute atomic E-state index is 0.154. The van der Waals surface area contributed by atoms with Crippen molar-refractivity contribution in [3.8, 4) is 0 Å². The average molecular weight is 262 g/mol. The van der Waals surface area contributed by atoms with E-state index in [1.165, 1.54) is 30.5 Å². The summed E-state index contributed by atoms with van der Waals surface area (Å²) in [6, 6.07) is 8.76. The standard InChI is InChI=1S/C16H26N2O/c1-3-16(17)13-7-9-14(10-8-13)18(2)12-15-6-4-5-11-19-15/h7-10,15-16H,3-6,11-12,17H2,1-2H3/t15?,16-/m1/s1. The molecular weight excluding hydrogens is 236 g/mol. The van der Waals surface area contributed by atoms with Crippen LogP contribution in [0.1, 0.15) is 44.2 Å². The lowest BCUT2D eigenvalue weighted by Crippen LogP contribution is -2.33. The van der Waals surface area contributed by atoms with Crippen LogP contribution >= 0.6 is 0 Å². The number of benzene rings is 1. The fourth-order valence-electron chi connectivity index (χ4n) is 2.57. The molecule has 106 valence electrons. The number of nitrogens with two attached hydrogens (primary N) is 1. The maximum atomic E-state index is 6.04. The molecule has 0 spiro atoms. The van der Waals surface area contributed by atoms with Gasteiger partial charge in [0.15, 0.2) is 0 Å². The van der Waals surface area contributed by atoms with Crippen molar-refractivity contribution in [1.82, 2.24) is 0 Å². The molecule has 2 atom stereocenters. The van der Waals surface area contributed by atoms with Crippen LogP contribution in [-0.4, -0.2) is 26.3 Å². The van der Waals surface area contributed by atoms with E-state index in [1.54, 1.807) is 0 Å². The largest absolute Gasteiger partial charge is 0.376 e. The van der Waals surface area contributed by atoms with E-state index in [0.29, 0.717) is 6.10 Å². The lowest BCUT2D eigenvalue weighted by molar-refractivity contribution is 0.0216. The van der Waals surface area contributed by atoms with Gasteiger partial charge in [-0.25, -0.2) is 0 Å². The van der Waals surface area contributed by atoms with Gasteiger partial charge in [0.05, 0.1) is 6.10 Å². The molecule has 3 nitrogen and oxygen atoms in total. The molecule has 1 aliphatic heterocycles. The molecule has 0 aromatic heterocycles. The van der Waals surface area contributed by atoms with Crippen molar-refractivity contribution in [1.29, 1.82) is 0 Å². The third-order valence-corrected chi connectivity index (χ3v) is 3.95. The molecule has 1 unspecified atom stereocenters. The van der Waals surface area contributed by atoms with E-state index in [-0.39, 0.29) is 6.04 Å². The molecule has 1 saturated heterocycles. The van der Waals surface area contributed by atoms with Crippen LogP contribution in [0.2, 0.25) is 0 Å². The van der Waals surface area contributed by atoms with Gasteiger partial charge >= 0.3 is 0 Å². The first kappa shape index (κ1) is 14.4. The molecule has 0 aliphatic carbocycles. The molecule has 19 heavy (non-hydrogen) atoms. The summed E-state index contributed by atoms with van der Waals surface area (Å²) in [6.45, 7) is 4.01. The zero-order valence-corrected chi connectivity index (χ0v) is 12.1. The minimum Gasteiger partial charge on any atom is -0.376 e. The van der Waals surface area contributed by atoms with Crippen LogP contribution in [0.25, 0.3) is 0 Å². The van der Waals surface area contributed by atoms with Crippen LogP contribution in [0.5, 0.6) is 0 Å². The van der Waals surface area contributed by atoms with Gasteiger partial charge in [-0.1, -0.05) is 19.1 Å². The molecule has 0 bridgehead atoms. The number of rotatable bonds is 5. The van der Waals surface area contributed by atoms with Gasteiger partial charge in [-0.2, -0.15) is 0 Å². The van der Waals surface area contributed by atoms with Crippen molar-refractivity contribution in [2.75, 3.05) is 25.1 Å². The fourth-order valence-corrected chi connectivity index (χ4v) is 2.57. The molecular formula is C16H26N2O. The fraction of sp³-hybridized carbons (Fsp3) is 0.625. The van der Waals surface area contributed by atoms with E-state index in [2.05, 4.69) is 43.1 Å². The monoisotopic (exact) mass is 262 g/mol. The van der Waals surface area contributed by atoms with Crippen LogP contribution < -0.4 is 10.6 Å². The van der Waals surface area contributed by atoms with Gasteiger partial charge in [0, 0.05) is 31.9 Å². The Balaban J connectivity index is 1.93. The van der Waals surface area contributed by atoms with Crippen molar-refractivity contribution in [3.05, 3.63) is 29.8 Å². The number of ether oxygens (including phenoxy) is 1. The van der Waals surface area contributed by atoms with Gasteiger partial charge in [0.25, 0.3) is 0 Å². The van der Waals surface area contributed by atoms with Gasteiger partial charge in [-0.15, -0.1) is 0 Å². The summed E-state index contributed by atoms with van der Waals surface area (Å²) in [6.07, 6.45) is 5.05. The summed E-state index contributed by atoms with van der Waals surface area (Å²) in [4.78, 5) is 2.28. The number of nitrogens with zero attached hydrogens (tertiary/aromatic N) is 1. The van der Waals surface area contributed by atoms with E-state index in [9.17, 15) is 0 Å². The lowest BCUT2D eigenvalue weighted by atomic mass is 10.0. The summed E-state index contributed by atoms with van der Waals surface area (Å²) < 4.78 is 5.79. The zero-order valence-electron chi connectivity index (χ0n) is 12.1. The van der Waals surface area contributed by atoms with Gasteiger partial charge in [-0.3, -0.25) is 0 Å². The van der Waals surface area contributed by atoms with Crippen molar-refractivity contribution in [2.24, 2.45) is 5.73 Å². The van der Waals surface area contributed by atoms with Crippen LogP contribution in [-0.2, 0) is 4.74 Å². The Bertz CT molecular complexity index is 371. The summed E-state index contributed by atoms with van der Waals surface area (Å²) in [5.41, 5.74) is 8.49. The van der Waals surface area contributed by atoms with Gasteiger partial charge in [-0.05, 0) is 43.4 Å². The highest BCUT2D eigenvalue weighted by Crippen LogP contribution is 2.21. The van der Waals surface area contributed by atoms with E-state index >= 15 is 0 Å². The Morgan fingerprint density at radius 1 is 1.32 bits per heavy atom. The maximum absolute atomic E-state index is 6.04. The SMILES string of the molecule is CC[C@@H](N)c1ccc(N(C)CC2CCCCO2)cc1. The second-order valence-corrected chi connectivity index (χ2v) is 5.48. The molecule has 1 heterocycles. The van der Waals surface area contributed by atoms with Crippen LogP contribution in [0, 0.1) is 0 Å². The highest BCUT2D eigenvalue weighted by Gasteiger charge is 2.16. The minimum atomic E-state index is 0.154. The smallest absolute Gasteiger partial charge is 0.0749 e. The highest BCUT2D eigenvalue weighted by molar-refractivity contribution is 5.47. The first-order valence-corrected chi connectivity index (χ1v) is 7.39. The second-order valence-electron chi connectivity index (χ2n) is 5.48. The maximum Gasteiger partial charge on any atom is 0.0749 e. The van der Waals surface area contributed by atoms with Crippen molar-refractivity contribution >= 4 is 5.69 Å². The molecule has 0 amide bonds. The summed E-state index contributed by atoms with van der Waals surface area (Å²) in [7, 11) is 2.13. The van der Waals surface area contributed by atoms with Crippen LogP contribution in [0.3, 0.4) is 0 Å². The predicted octanol–water partition coefficient (Wildman–Crippen LogP) is 3.10. The Kier molecular flexibility index (Phi) is 5.23. The Morgan fingerprint density at radius 3 is 2.63 bits per heavy atom. The normalized spacial score (nSPS) is 21.1. The Morgan fingerprint density at radius 2 is 2.05 bits per heavy atom. The topological polar surface area (TPSA) is 38.5 Å². The molecule has 1 aromatic rings. The first-order chi connectivity index (χ1) is 9.20. The molecule has 1 aromatic carbocycles. The third-order valence-electron chi connectivity index (χ3n) is 3.95. The van der Waals surface area contributed by atoms with E-state index < -0.39 is 0 Å². The van der Waals surface area contributed by atoms with Gasteiger partial charge in [0.1, 0.15) is 0 Å². The molecule has 2 rings (SSSR count). The number of likely N-dealkylation sites (N-methyl/N-ethyl adjacent to an activating group) is 1. The molecule has 3 heteroatoms. The van der Waals surface area contributed by atoms with Crippen molar-refractivity contribution in [2.45, 2.75) is 44.8 Å². The summed E-state index contributed by atoms with van der Waals surface area (Å²) in [5.74, 6) is 0. The molecule has 2 N–H and O–H groups in total. The van der Waals surface area contributed by atoms with Gasteiger partial charge < -0.3 is 15.4 Å². The first-order valence-electron chi connectivity index (χ1n) is 7.39. The molecule has 0 radical (unpaired) electrons. The quantitative estimate of drug-likeness (QED) is 0.886. The van der Waals surface area contributed by atoms with E-state index in [1.807, 2.05) is 0 Å². The second kappa shape index (κ2) is 6.92. The van der Waals surface area contributed by atoms with Crippen molar-refractivity contribution < 1.29 is 4.74 Å². The van der Waals surface area contributed by atoms with Crippen molar-refractivity contribution in [3.63, 3.8) is 0 Å². The predicted molar refractivity (Wildman–Crippen MR) is 80.5 cm³/mol. The molecule has 1 fully saturated rings. The molecule has 1 aliphatic rings. The van der Waals surface area contributed by atoms with E-state index in [4.69, 9.17) is 10.5 Å². The highest BCUT2D eigenvalue weighted by atomic mass is 16.5. The Hall–Kier alpha value is -1.06. The number of hydrogen-bond acceptors (Lipinski definition) is 3. The van der Waals surface area contributed by atoms with Crippen LogP contribution in [0.15, 0.2) is 24.3 Å². The summed E-state index contributed by atoms with van der Waals surface area (Å²) >= 11 is 0. The number of hydrogen-bond donors (Lipinski definition) is 1. The zero-order chi connectivity index (χ0) is 13.7. The average Bonchev–Trinajstić information content (AvgIpc) is 2.47. The van der Waals surface area contributed by atoms with Gasteiger partial charge in [0.2, 0.25) is 0 Å². The Labute approximate surface area is 116 Å². The summed E-state index contributed by atoms with van der Waals surface area (Å²) in [5, 5.41) is 0. The van der Waals surface area contributed by atoms with E-state index in [0.717, 1.165) is 19.6 Å². The lowest BCUT2D eigenvalue weighted by Gasteiger charge is -2.28. The number of anilines is 1. The molecule has 0 saturated carbocycles. The van der Waals surface area contributed by atoms with Crippen LogP contribution in [0.4, 0.5) is 5.69 Å².